The van der Waals surface area contributed by atoms with E-state index < -0.39 is 18.5 Å². The number of carbonyl (C=O) groups excluding carboxylic acids is 2. The molecule has 0 unspecified atom stereocenters. The molecule has 0 aliphatic carbocycles. The van der Waals surface area contributed by atoms with Gasteiger partial charge in [-0.3, -0.25) is 9.78 Å². The zero-order chi connectivity index (χ0) is 16.2. The smallest absolute Gasteiger partial charge is 0.339 e. The van der Waals surface area contributed by atoms with E-state index in [0.717, 1.165) is 0 Å². The number of fused-ring (bicyclic) bond motifs is 1. The highest BCUT2D eigenvalue weighted by Crippen LogP contribution is 2.24. The van der Waals surface area contributed by atoms with Crippen LogP contribution >= 0.6 is 0 Å². The largest absolute Gasteiger partial charge is 0.452 e. The molecule has 0 fully saturated rings. The van der Waals surface area contributed by atoms with Crippen molar-refractivity contribution in [3.8, 4) is 11.4 Å². The number of rotatable bonds is 4. The van der Waals surface area contributed by atoms with E-state index in [9.17, 15) is 9.59 Å². The van der Waals surface area contributed by atoms with E-state index in [1.54, 1.807) is 42.6 Å². The highest BCUT2D eigenvalue weighted by Gasteiger charge is 2.16. The number of para-hydroxylation sites is 1. The van der Waals surface area contributed by atoms with Gasteiger partial charge in [0, 0.05) is 11.6 Å². The Balaban J connectivity index is 2.11. The molecule has 0 aliphatic heterocycles. The molecule has 1 amide bonds. The summed E-state index contributed by atoms with van der Waals surface area (Å²) in [7, 11) is 0. The second-order valence-electron chi connectivity index (χ2n) is 4.83. The summed E-state index contributed by atoms with van der Waals surface area (Å²) in [5, 5.41) is 0.640. The van der Waals surface area contributed by atoms with Crippen molar-refractivity contribution >= 4 is 22.8 Å². The van der Waals surface area contributed by atoms with Crippen LogP contribution in [0.15, 0.2) is 54.7 Å². The van der Waals surface area contributed by atoms with E-state index in [1.807, 2.05) is 12.1 Å². The Morgan fingerprint density at radius 2 is 1.83 bits per heavy atom. The van der Waals surface area contributed by atoms with Crippen LogP contribution in [0.3, 0.4) is 0 Å². The standard InChI is InChI=1S/C17H13N3O3/c18-16(21)10-23-17(22)12-9-15(14-7-3-4-8-19-14)20-13-6-2-1-5-11(12)13/h1-9H,10H2,(H2,18,21). The Bertz CT molecular complexity index is 879. The fraction of sp³-hybridized carbons (Fsp3) is 0.0588. The van der Waals surface area contributed by atoms with Gasteiger partial charge in [0.15, 0.2) is 6.61 Å². The van der Waals surface area contributed by atoms with Gasteiger partial charge < -0.3 is 10.5 Å². The van der Waals surface area contributed by atoms with Crippen molar-refractivity contribution in [1.82, 2.24) is 9.97 Å². The lowest BCUT2D eigenvalue weighted by Gasteiger charge is -2.09. The second kappa shape index (κ2) is 6.23. The van der Waals surface area contributed by atoms with Crippen molar-refractivity contribution in [1.29, 1.82) is 0 Å². The highest BCUT2D eigenvalue weighted by molar-refractivity contribution is 6.05. The fourth-order valence-corrected chi connectivity index (χ4v) is 2.20. The van der Waals surface area contributed by atoms with Gasteiger partial charge in [-0.1, -0.05) is 24.3 Å². The lowest BCUT2D eigenvalue weighted by Crippen LogP contribution is -2.21. The van der Waals surface area contributed by atoms with E-state index in [1.165, 1.54) is 0 Å². The van der Waals surface area contributed by atoms with Crippen molar-refractivity contribution in [3.63, 3.8) is 0 Å². The third kappa shape index (κ3) is 3.16. The summed E-state index contributed by atoms with van der Waals surface area (Å²) in [5.41, 5.74) is 7.16. The number of carbonyl (C=O) groups is 2. The van der Waals surface area contributed by atoms with E-state index in [-0.39, 0.29) is 0 Å². The van der Waals surface area contributed by atoms with E-state index >= 15 is 0 Å². The minimum atomic E-state index is -0.707. The number of amides is 1. The zero-order valence-electron chi connectivity index (χ0n) is 12.1. The number of ether oxygens (including phenoxy) is 1. The predicted octanol–water partition coefficient (Wildman–Crippen LogP) is 1.94. The number of primary amides is 1. The predicted molar refractivity (Wildman–Crippen MR) is 84.5 cm³/mol. The van der Waals surface area contributed by atoms with Crippen LogP contribution in [0, 0.1) is 0 Å². The maximum atomic E-state index is 12.3. The molecule has 23 heavy (non-hydrogen) atoms. The van der Waals surface area contributed by atoms with Crippen LogP contribution in [0.1, 0.15) is 10.4 Å². The molecule has 2 heterocycles. The minimum absolute atomic E-state index is 0.317. The third-order valence-electron chi connectivity index (χ3n) is 3.21. The molecule has 0 radical (unpaired) electrons. The van der Waals surface area contributed by atoms with Gasteiger partial charge in [-0.2, -0.15) is 0 Å². The minimum Gasteiger partial charge on any atom is -0.452 e. The Morgan fingerprint density at radius 3 is 2.57 bits per heavy atom. The Kier molecular flexibility index (Phi) is 3.97. The molecule has 0 bridgehead atoms. The molecule has 0 saturated carbocycles. The molecule has 0 aliphatic rings. The van der Waals surface area contributed by atoms with Crippen LogP contribution < -0.4 is 5.73 Å². The molecule has 6 nitrogen and oxygen atoms in total. The monoisotopic (exact) mass is 307 g/mol. The molecule has 2 N–H and O–H groups in total. The number of hydrogen-bond acceptors (Lipinski definition) is 5. The molecule has 1 aromatic carbocycles. The first-order valence-electron chi connectivity index (χ1n) is 6.92. The number of aromatic nitrogens is 2. The zero-order valence-corrected chi connectivity index (χ0v) is 12.1. The van der Waals surface area contributed by atoms with Gasteiger partial charge in [-0.25, -0.2) is 9.78 Å². The van der Waals surface area contributed by atoms with Gasteiger partial charge >= 0.3 is 5.97 Å². The molecular formula is C17H13N3O3. The quantitative estimate of drug-likeness (QED) is 0.743. The van der Waals surface area contributed by atoms with E-state index in [2.05, 4.69) is 9.97 Å². The van der Waals surface area contributed by atoms with Crippen LogP contribution in [-0.2, 0) is 9.53 Å². The first-order chi connectivity index (χ1) is 11.1. The van der Waals surface area contributed by atoms with E-state index in [4.69, 9.17) is 10.5 Å². The van der Waals surface area contributed by atoms with Crippen molar-refractivity contribution in [2.24, 2.45) is 5.73 Å². The SMILES string of the molecule is NC(=O)COC(=O)c1cc(-c2ccccn2)nc2ccccc12. The third-order valence-corrected chi connectivity index (χ3v) is 3.21. The van der Waals surface area contributed by atoms with Gasteiger partial charge in [0.2, 0.25) is 0 Å². The van der Waals surface area contributed by atoms with Crippen LogP contribution in [0.25, 0.3) is 22.3 Å². The topological polar surface area (TPSA) is 95.2 Å². The molecule has 6 heteroatoms. The first kappa shape index (κ1) is 14.6. The van der Waals surface area contributed by atoms with Gasteiger partial charge in [0.25, 0.3) is 5.91 Å². The van der Waals surface area contributed by atoms with Crippen molar-refractivity contribution in [2.75, 3.05) is 6.61 Å². The molecular weight excluding hydrogens is 294 g/mol. The summed E-state index contributed by atoms with van der Waals surface area (Å²) in [5.74, 6) is -1.33. The Hall–Kier alpha value is -3.28. The molecule has 2 aromatic heterocycles. The first-order valence-corrected chi connectivity index (χ1v) is 6.92. The van der Waals surface area contributed by atoms with Crippen LogP contribution in [-0.4, -0.2) is 28.5 Å². The maximum absolute atomic E-state index is 12.3. The number of nitrogens with two attached hydrogens (primary N) is 1. The average molecular weight is 307 g/mol. The number of pyridine rings is 2. The summed E-state index contributed by atoms with van der Waals surface area (Å²) >= 11 is 0. The summed E-state index contributed by atoms with van der Waals surface area (Å²) in [6, 6.07) is 14.2. The number of esters is 1. The van der Waals surface area contributed by atoms with Crippen molar-refractivity contribution in [3.05, 3.63) is 60.3 Å². The summed E-state index contributed by atoms with van der Waals surface area (Å²) in [6.45, 7) is -0.464. The Morgan fingerprint density at radius 1 is 1.04 bits per heavy atom. The number of nitrogens with zero attached hydrogens (tertiary/aromatic N) is 2. The molecule has 0 atom stereocenters. The normalized spacial score (nSPS) is 10.4. The highest BCUT2D eigenvalue weighted by atomic mass is 16.5. The van der Waals surface area contributed by atoms with Crippen molar-refractivity contribution < 1.29 is 14.3 Å². The maximum Gasteiger partial charge on any atom is 0.339 e. The molecule has 114 valence electrons. The van der Waals surface area contributed by atoms with Crippen LogP contribution in [0.2, 0.25) is 0 Å². The van der Waals surface area contributed by atoms with Crippen LogP contribution in [0.4, 0.5) is 0 Å². The van der Waals surface area contributed by atoms with Crippen molar-refractivity contribution in [2.45, 2.75) is 0 Å². The summed E-state index contributed by atoms with van der Waals surface area (Å²) in [6.07, 6.45) is 1.65. The van der Waals surface area contributed by atoms with E-state index in [0.29, 0.717) is 27.9 Å². The molecule has 0 spiro atoms. The van der Waals surface area contributed by atoms with Gasteiger partial charge in [-0.15, -0.1) is 0 Å². The lowest BCUT2D eigenvalue weighted by molar-refractivity contribution is -0.121. The molecule has 0 saturated heterocycles. The summed E-state index contributed by atoms with van der Waals surface area (Å²) in [4.78, 5) is 31.8. The number of benzene rings is 1. The lowest BCUT2D eigenvalue weighted by atomic mass is 10.1. The molecule has 3 rings (SSSR count). The van der Waals surface area contributed by atoms with Gasteiger partial charge in [-0.05, 0) is 24.3 Å². The van der Waals surface area contributed by atoms with Gasteiger partial charge in [0.05, 0.1) is 22.5 Å². The van der Waals surface area contributed by atoms with Crippen LogP contribution in [0.5, 0.6) is 0 Å². The van der Waals surface area contributed by atoms with Gasteiger partial charge in [0.1, 0.15) is 0 Å². The average Bonchev–Trinajstić information content (AvgIpc) is 2.59. The fourth-order valence-electron chi connectivity index (χ4n) is 2.20. The second-order valence-corrected chi connectivity index (χ2v) is 4.83. The molecule has 3 aromatic rings. The number of hydrogen-bond donors (Lipinski definition) is 1. The summed E-state index contributed by atoms with van der Waals surface area (Å²) < 4.78 is 4.93. The Labute approximate surface area is 131 Å².